The van der Waals surface area contributed by atoms with Crippen LogP contribution in [0.15, 0.2) is 16.6 Å². The Labute approximate surface area is 117 Å². The quantitative estimate of drug-likeness (QED) is 0.919. The lowest BCUT2D eigenvalue weighted by atomic mass is 10.1. The fourth-order valence-electron chi connectivity index (χ4n) is 2.78. The molecule has 18 heavy (non-hydrogen) atoms. The van der Waals surface area contributed by atoms with Gasteiger partial charge in [0, 0.05) is 23.0 Å². The molecule has 0 saturated heterocycles. The normalized spacial score (nSPS) is 23.6. The van der Waals surface area contributed by atoms with Crippen molar-refractivity contribution in [2.75, 3.05) is 13.2 Å². The number of halogens is 1. The van der Waals surface area contributed by atoms with Crippen molar-refractivity contribution < 1.29 is 4.74 Å². The summed E-state index contributed by atoms with van der Waals surface area (Å²) in [4.78, 5) is 0. The number of hydrogen-bond donors (Lipinski definition) is 1. The number of ether oxygens (including phenoxy) is 1. The molecule has 1 aliphatic heterocycles. The van der Waals surface area contributed by atoms with Crippen molar-refractivity contribution in [3.63, 3.8) is 0 Å². The van der Waals surface area contributed by atoms with Gasteiger partial charge in [0.1, 0.15) is 5.75 Å². The average Bonchev–Trinajstić information content (AvgIpc) is 2.74. The van der Waals surface area contributed by atoms with Crippen molar-refractivity contribution in [2.45, 2.75) is 33.2 Å². The number of hydrogen-bond acceptors (Lipinski definition) is 2. The second-order valence-electron chi connectivity index (χ2n) is 6.17. The van der Waals surface area contributed by atoms with E-state index in [4.69, 9.17) is 4.74 Å². The molecular formula is C15H20BrNO. The van der Waals surface area contributed by atoms with Crippen LogP contribution < -0.4 is 10.1 Å². The van der Waals surface area contributed by atoms with Crippen LogP contribution in [0.3, 0.4) is 0 Å². The first-order valence-corrected chi connectivity index (χ1v) is 7.50. The molecule has 1 aliphatic carbocycles. The standard InChI is InChI=1S/C15H20BrNO/c1-15(2)7-12(15)9-17-8-11-6-13(16)5-10-3-4-18-14(10)11/h5-6,12,17H,3-4,7-9H2,1-2H3. The molecule has 1 saturated carbocycles. The van der Waals surface area contributed by atoms with Crippen LogP contribution in [0, 0.1) is 11.3 Å². The Bertz CT molecular complexity index is 470. The van der Waals surface area contributed by atoms with E-state index in [1.807, 2.05) is 0 Å². The molecule has 3 heteroatoms. The van der Waals surface area contributed by atoms with E-state index in [9.17, 15) is 0 Å². The second-order valence-corrected chi connectivity index (χ2v) is 7.09. The minimum Gasteiger partial charge on any atom is -0.493 e. The van der Waals surface area contributed by atoms with Gasteiger partial charge in [-0.05, 0) is 42.0 Å². The summed E-state index contributed by atoms with van der Waals surface area (Å²) in [7, 11) is 0. The minimum atomic E-state index is 0.558. The Morgan fingerprint density at radius 2 is 2.22 bits per heavy atom. The van der Waals surface area contributed by atoms with Crippen LogP contribution in [-0.4, -0.2) is 13.2 Å². The lowest BCUT2D eigenvalue weighted by Gasteiger charge is -2.11. The van der Waals surface area contributed by atoms with Crippen molar-refractivity contribution in [1.29, 1.82) is 0 Å². The first-order valence-electron chi connectivity index (χ1n) is 6.71. The summed E-state index contributed by atoms with van der Waals surface area (Å²) in [5.41, 5.74) is 3.19. The molecule has 1 N–H and O–H groups in total. The maximum absolute atomic E-state index is 5.74. The fourth-order valence-corrected chi connectivity index (χ4v) is 3.34. The summed E-state index contributed by atoms with van der Waals surface area (Å²) in [6.45, 7) is 7.55. The molecule has 0 amide bonds. The Balaban J connectivity index is 1.63. The van der Waals surface area contributed by atoms with E-state index in [1.54, 1.807) is 0 Å². The molecule has 2 aliphatic rings. The number of rotatable bonds is 4. The van der Waals surface area contributed by atoms with Crippen LogP contribution >= 0.6 is 15.9 Å². The Morgan fingerprint density at radius 1 is 1.44 bits per heavy atom. The molecule has 1 heterocycles. The zero-order valence-corrected chi connectivity index (χ0v) is 12.6. The van der Waals surface area contributed by atoms with E-state index in [0.717, 1.165) is 42.3 Å². The van der Waals surface area contributed by atoms with Gasteiger partial charge < -0.3 is 10.1 Å². The van der Waals surface area contributed by atoms with Gasteiger partial charge in [0.2, 0.25) is 0 Å². The number of nitrogens with one attached hydrogen (secondary N) is 1. The first kappa shape index (κ1) is 12.5. The van der Waals surface area contributed by atoms with E-state index in [0.29, 0.717) is 5.41 Å². The lowest BCUT2D eigenvalue weighted by molar-refractivity contribution is 0.352. The molecule has 0 spiro atoms. The predicted molar refractivity (Wildman–Crippen MR) is 76.9 cm³/mol. The smallest absolute Gasteiger partial charge is 0.127 e. The van der Waals surface area contributed by atoms with Crippen molar-refractivity contribution in [3.05, 3.63) is 27.7 Å². The summed E-state index contributed by atoms with van der Waals surface area (Å²) in [5, 5.41) is 3.58. The van der Waals surface area contributed by atoms with E-state index >= 15 is 0 Å². The molecule has 1 unspecified atom stereocenters. The zero-order chi connectivity index (χ0) is 12.8. The molecular weight excluding hydrogens is 290 g/mol. The third-order valence-corrected chi connectivity index (χ3v) is 4.71. The van der Waals surface area contributed by atoms with Crippen LogP contribution in [-0.2, 0) is 13.0 Å². The van der Waals surface area contributed by atoms with E-state index in [1.165, 1.54) is 17.5 Å². The minimum absolute atomic E-state index is 0.558. The third-order valence-electron chi connectivity index (χ3n) is 4.25. The monoisotopic (exact) mass is 309 g/mol. The van der Waals surface area contributed by atoms with Crippen LogP contribution in [0.5, 0.6) is 5.75 Å². The largest absolute Gasteiger partial charge is 0.493 e. The van der Waals surface area contributed by atoms with Gasteiger partial charge in [0.15, 0.2) is 0 Å². The van der Waals surface area contributed by atoms with Gasteiger partial charge in [-0.1, -0.05) is 29.8 Å². The molecule has 1 aromatic carbocycles. The van der Waals surface area contributed by atoms with Gasteiger partial charge in [-0.15, -0.1) is 0 Å². The molecule has 0 radical (unpaired) electrons. The van der Waals surface area contributed by atoms with E-state index in [2.05, 4.69) is 47.2 Å². The van der Waals surface area contributed by atoms with Gasteiger partial charge >= 0.3 is 0 Å². The van der Waals surface area contributed by atoms with Crippen LogP contribution in [0.25, 0.3) is 0 Å². The van der Waals surface area contributed by atoms with Gasteiger partial charge in [0.25, 0.3) is 0 Å². The first-order chi connectivity index (χ1) is 8.56. The molecule has 0 bridgehead atoms. The Morgan fingerprint density at radius 3 is 2.94 bits per heavy atom. The fraction of sp³-hybridized carbons (Fsp3) is 0.600. The van der Waals surface area contributed by atoms with Crippen molar-refractivity contribution in [1.82, 2.24) is 5.32 Å². The van der Waals surface area contributed by atoms with Crippen molar-refractivity contribution >= 4 is 15.9 Å². The maximum atomic E-state index is 5.74. The highest BCUT2D eigenvalue weighted by Gasteiger charge is 2.44. The second kappa shape index (κ2) is 4.53. The SMILES string of the molecule is CC1(C)CC1CNCc1cc(Br)cc2c1OCC2. The molecule has 0 aromatic heterocycles. The summed E-state index contributed by atoms with van der Waals surface area (Å²) >= 11 is 3.58. The lowest BCUT2D eigenvalue weighted by Crippen LogP contribution is -2.18. The Kier molecular flexibility index (Phi) is 3.15. The zero-order valence-electron chi connectivity index (χ0n) is 11.1. The highest BCUT2D eigenvalue weighted by atomic mass is 79.9. The van der Waals surface area contributed by atoms with Gasteiger partial charge in [-0.3, -0.25) is 0 Å². The Hall–Kier alpha value is -0.540. The molecule has 98 valence electrons. The van der Waals surface area contributed by atoms with Gasteiger partial charge in [-0.2, -0.15) is 0 Å². The summed E-state index contributed by atoms with van der Waals surface area (Å²) < 4.78 is 6.90. The third kappa shape index (κ3) is 2.43. The molecule has 1 aromatic rings. The van der Waals surface area contributed by atoms with Crippen LogP contribution in [0.1, 0.15) is 31.4 Å². The molecule has 2 nitrogen and oxygen atoms in total. The predicted octanol–water partition coefficient (Wildman–Crippen LogP) is 3.52. The van der Waals surface area contributed by atoms with Gasteiger partial charge in [0.05, 0.1) is 6.61 Å². The molecule has 1 atom stereocenters. The summed E-state index contributed by atoms with van der Waals surface area (Å²) in [6, 6.07) is 4.35. The molecule has 3 rings (SSSR count). The van der Waals surface area contributed by atoms with Crippen LogP contribution in [0.4, 0.5) is 0 Å². The molecule has 1 fully saturated rings. The van der Waals surface area contributed by atoms with Crippen LogP contribution in [0.2, 0.25) is 0 Å². The van der Waals surface area contributed by atoms with E-state index in [-0.39, 0.29) is 0 Å². The summed E-state index contributed by atoms with van der Waals surface area (Å²) in [5.74, 6) is 1.96. The topological polar surface area (TPSA) is 21.3 Å². The highest BCUT2D eigenvalue weighted by Crippen LogP contribution is 2.51. The average molecular weight is 310 g/mol. The van der Waals surface area contributed by atoms with E-state index < -0.39 is 0 Å². The number of fused-ring (bicyclic) bond motifs is 1. The highest BCUT2D eigenvalue weighted by molar-refractivity contribution is 9.10. The maximum Gasteiger partial charge on any atom is 0.127 e. The van der Waals surface area contributed by atoms with Gasteiger partial charge in [-0.25, -0.2) is 0 Å². The summed E-state index contributed by atoms with van der Waals surface area (Å²) in [6.07, 6.45) is 2.39. The van der Waals surface area contributed by atoms with Crippen molar-refractivity contribution in [2.24, 2.45) is 11.3 Å². The number of benzene rings is 1. The van der Waals surface area contributed by atoms with Crippen molar-refractivity contribution in [3.8, 4) is 5.75 Å².